The van der Waals surface area contributed by atoms with Crippen LogP contribution >= 0.6 is 11.3 Å². The maximum Gasteiger partial charge on any atom is 0.119 e. The van der Waals surface area contributed by atoms with E-state index in [2.05, 4.69) is 4.98 Å². The third-order valence-corrected chi connectivity index (χ3v) is 2.85. The molecule has 0 amide bonds. The zero-order valence-electron chi connectivity index (χ0n) is 6.34. The van der Waals surface area contributed by atoms with Gasteiger partial charge in [0.15, 0.2) is 0 Å². The quantitative estimate of drug-likeness (QED) is 0.707. The number of imidazole rings is 1. The number of hydrogen-bond acceptors (Lipinski definition) is 4. The van der Waals surface area contributed by atoms with Crippen molar-refractivity contribution in [1.29, 1.82) is 0 Å². The molecule has 2 aromatic rings. The minimum absolute atomic E-state index is 0.0168. The maximum absolute atomic E-state index is 8.81. The van der Waals surface area contributed by atoms with Crippen molar-refractivity contribution in [1.82, 2.24) is 9.38 Å². The molecule has 0 saturated carbocycles. The van der Waals surface area contributed by atoms with Crippen LogP contribution < -0.4 is 5.73 Å². The third-order valence-electron chi connectivity index (χ3n) is 1.68. The van der Waals surface area contributed by atoms with Gasteiger partial charge in [0.2, 0.25) is 0 Å². The van der Waals surface area contributed by atoms with Gasteiger partial charge in [0.1, 0.15) is 4.83 Å². The number of rotatable bonds is 2. The molecule has 0 bridgehead atoms. The van der Waals surface area contributed by atoms with Crippen LogP contribution in [0.25, 0.3) is 4.83 Å². The summed E-state index contributed by atoms with van der Waals surface area (Å²) in [5, 5.41) is 8.81. The van der Waals surface area contributed by atoms with E-state index in [0.717, 1.165) is 9.71 Å². The van der Waals surface area contributed by atoms with Gasteiger partial charge in [0.05, 0.1) is 25.2 Å². The lowest BCUT2D eigenvalue weighted by Crippen LogP contribution is -2.12. The summed E-state index contributed by atoms with van der Waals surface area (Å²) in [5.74, 6) is 0. The van der Waals surface area contributed by atoms with E-state index < -0.39 is 0 Å². The van der Waals surface area contributed by atoms with E-state index in [1.54, 1.807) is 23.9 Å². The molecular formula is C7H9N3OS. The molecule has 0 radical (unpaired) electrons. The molecule has 2 aromatic heterocycles. The first kappa shape index (κ1) is 7.72. The van der Waals surface area contributed by atoms with Crippen LogP contribution in [0.4, 0.5) is 0 Å². The van der Waals surface area contributed by atoms with Crippen LogP contribution in [0, 0.1) is 0 Å². The van der Waals surface area contributed by atoms with Crippen molar-refractivity contribution in [2.75, 3.05) is 6.61 Å². The molecule has 5 heteroatoms. The maximum atomic E-state index is 8.81. The first-order chi connectivity index (χ1) is 5.81. The molecule has 0 aliphatic rings. The largest absolute Gasteiger partial charge is 0.394 e. The SMILES string of the molecule is N[C@@H](CO)c1cn2cncc2s1. The second-order valence-corrected chi connectivity index (χ2v) is 3.66. The number of aromatic nitrogens is 2. The molecule has 64 valence electrons. The van der Waals surface area contributed by atoms with Crippen molar-refractivity contribution in [3.05, 3.63) is 23.6 Å². The molecule has 0 fully saturated rings. The van der Waals surface area contributed by atoms with Crippen LogP contribution in [0.15, 0.2) is 18.7 Å². The number of fused-ring (bicyclic) bond motifs is 1. The van der Waals surface area contributed by atoms with E-state index in [9.17, 15) is 0 Å². The predicted octanol–water partition coefficient (Wildman–Crippen LogP) is 0.388. The van der Waals surface area contributed by atoms with Crippen molar-refractivity contribution in [2.24, 2.45) is 5.73 Å². The standard InChI is InChI=1S/C7H9N3OS/c8-5(3-11)6-2-10-4-9-1-7(10)12-6/h1-2,4-5,11H,3,8H2/t5-/m0/s1. The van der Waals surface area contributed by atoms with Crippen molar-refractivity contribution >= 4 is 16.2 Å². The van der Waals surface area contributed by atoms with Crippen molar-refractivity contribution in [3.63, 3.8) is 0 Å². The van der Waals surface area contributed by atoms with Gasteiger partial charge in [0.25, 0.3) is 0 Å². The minimum Gasteiger partial charge on any atom is -0.394 e. The van der Waals surface area contributed by atoms with Gasteiger partial charge >= 0.3 is 0 Å². The lowest BCUT2D eigenvalue weighted by molar-refractivity contribution is 0.269. The van der Waals surface area contributed by atoms with Gasteiger partial charge in [0, 0.05) is 11.1 Å². The molecule has 0 unspecified atom stereocenters. The van der Waals surface area contributed by atoms with Crippen LogP contribution in [-0.2, 0) is 0 Å². The van der Waals surface area contributed by atoms with E-state index in [1.165, 1.54) is 0 Å². The average Bonchev–Trinajstić information content (AvgIpc) is 2.60. The third kappa shape index (κ3) is 1.12. The molecule has 2 heterocycles. The summed E-state index contributed by atoms with van der Waals surface area (Å²) in [6, 6.07) is -0.269. The molecule has 12 heavy (non-hydrogen) atoms. The van der Waals surface area contributed by atoms with Crippen LogP contribution in [-0.4, -0.2) is 21.1 Å². The number of aliphatic hydroxyl groups excluding tert-OH is 1. The van der Waals surface area contributed by atoms with Crippen molar-refractivity contribution < 1.29 is 5.11 Å². The predicted molar refractivity (Wildman–Crippen MR) is 47.1 cm³/mol. The summed E-state index contributed by atoms with van der Waals surface area (Å²) in [4.78, 5) is 5.99. The number of thiazole rings is 1. The lowest BCUT2D eigenvalue weighted by Gasteiger charge is -2.01. The van der Waals surface area contributed by atoms with E-state index in [0.29, 0.717) is 0 Å². The fourth-order valence-corrected chi connectivity index (χ4v) is 1.97. The van der Waals surface area contributed by atoms with Crippen LogP contribution in [0.5, 0.6) is 0 Å². The average molecular weight is 183 g/mol. The smallest absolute Gasteiger partial charge is 0.119 e. The number of nitrogens with zero attached hydrogens (tertiary/aromatic N) is 2. The highest BCUT2D eigenvalue weighted by molar-refractivity contribution is 7.17. The van der Waals surface area contributed by atoms with Crippen LogP contribution in [0.2, 0.25) is 0 Å². The molecule has 0 aliphatic heterocycles. The molecule has 4 nitrogen and oxygen atoms in total. The number of hydrogen-bond donors (Lipinski definition) is 2. The summed E-state index contributed by atoms with van der Waals surface area (Å²) in [5.41, 5.74) is 5.64. The molecule has 3 N–H and O–H groups in total. The highest BCUT2D eigenvalue weighted by Crippen LogP contribution is 2.21. The van der Waals surface area contributed by atoms with E-state index >= 15 is 0 Å². The fourth-order valence-electron chi connectivity index (χ4n) is 1.01. The number of aliphatic hydroxyl groups is 1. The highest BCUT2D eigenvalue weighted by atomic mass is 32.1. The molecule has 0 aromatic carbocycles. The van der Waals surface area contributed by atoms with Crippen LogP contribution in [0.1, 0.15) is 10.9 Å². The Labute approximate surface area is 73.3 Å². The van der Waals surface area contributed by atoms with Gasteiger partial charge in [-0.3, -0.25) is 4.40 Å². The summed E-state index contributed by atoms with van der Waals surface area (Å²) in [6.07, 6.45) is 5.39. The van der Waals surface area contributed by atoms with Gasteiger partial charge in [-0.1, -0.05) is 0 Å². The lowest BCUT2D eigenvalue weighted by atomic mass is 10.3. The van der Waals surface area contributed by atoms with Gasteiger partial charge in [-0.2, -0.15) is 0 Å². The summed E-state index contributed by atoms with van der Waals surface area (Å²) in [6.45, 7) is -0.0168. The van der Waals surface area contributed by atoms with Crippen LogP contribution in [0.3, 0.4) is 0 Å². The summed E-state index contributed by atoms with van der Waals surface area (Å²) < 4.78 is 1.90. The molecule has 1 atom stereocenters. The van der Waals surface area contributed by atoms with E-state index in [-0.39, 0.29) is 12.6 Å². The van der Waals surface area contributed by atoms with Crippen molar-refractivity contribution in [2.45, 2.75) is 6.04 Å². The summed E-state index contributed by atoms with van der Waals surface area (Å²) in [7, 11) is 0. The first-order valence-corrected chi connectivity index (χ1v) is 4.40. The zero-order chi connectivity index (χ0) is 8.55. The molecule has 0 saturated heterocycles. The highest BCUT2D eigenvalue weighted by Gasteiger charge is 2.08. The molecule has 2 rings (SSSR count). The Hall–Kier alpha value is -0.910. The van der Waals surface area contributed by atoms with E-state index in [4.69, 9.17) is 10.8 Å². The van der Waals surface area contributed by atoms with Gasteiger partial charge in [-0.25, -0.2) is 4.98 Å². The van der Waals surface area contributed by atoms with Crippen molar-refractivity contribution in [3.8, 4) is 0 Å². The topological polar surface area (TPSA) is 63.5 Å². The molecule has 0 spiro atoms. The second-order valence-electron chi connectivity index (χ2n) is 2.56. The Kier molecular flexibility index (Phi) is 1.84. The van der Waals surface area contributed by atoms with Gasteiger partial charge < -0.3 is 10.8 Å². The Morgan fingerprint density at radius 3 is 3.25 bits per heavy atom. The first-order valence-electron chi connectivity index (χ1n) is 3.59. The molecule has 0 aliphatic carbocycles. The number of nitrogens with two attached hydrogens (primary N) is 1. The molecular weight excluding hydrogens is 174 g/mol. The van der Waals surface area contributed by atoms with Gasteiger partial charge in [-0.15, -0.1) is 11.3 Å². The van der Waals surface area contributed by atoms with E-state index in [1.807, 2.05) is 10.6 Å². The summed E-state index contributed by atoms with van der Waals surface area (Å²) >= 11 is 1.55. The Bertz CT molecular complexity index is 352. The van der Waals surface area contributed by atoms with Gasteiger partial charge in [-0.05, 0) is 0 Å². The minimum atomic E-state index is -0.269. The fraction of sp³-hybridized carbons (Fsp3) is 0.286. The zero-order valence-corrected chi connectivity index (χ0v) is 7.16. The second kappa shape index (κ2) is 2.85. The Morgan fingerprint density at radius 2 is 2.58 bits per heavy atom. The normalized spacial score (nSPS) is 13.8. The monoisotopic (exact) mass is 183 g/mol. The Balaban J connectivity index is 2.44. The Morgan fingerprint density at radius 1 is 1.75 bits per heavy atom.